The third kappa shape index (κ3) is 515. The zero-order valence-electron chi connectivity index (χ0n) is 4.64. The SMILES string of the molecule is O=S(=O)([O-])[O-].[CH3][Cu+].[CH3][Cu+]. The zero-order chi connectivity index (χ0) is 8.50. The standard InChI is InChI=1S/2CH3.2Cu.H2O4S/c;;;;1-5(2,3)4/h2*1H3;;;(H2,1,2,3,4)/q;;2*+1;/p-2. The summed E-state index contributed by atoms with van der Waals surface area (Å²) in [6, 6.07) is 0. The van der Waals surface area contributed by atoms with Crippen LogP contribution < -0.4 is 0 Å². The van der Waals surface area contributed by atoms with Gasteiger partial charge >= 0.3 is 43.7 Å². The van der Waals surface area contributed by atoms with Gasteiger partial charge in [-0.1, -0.05) is 0 Å². The monoisotopic (exact) mass is 252 g/mol. The molecule has 0 heterocycles. The van der Waals surface area contributed by atoms with E-state index in [2.05, 4.69) is 32.0 Å². The molecule has 66 valence electrons. The topological polar surface area (TPSA) is 80.3 Å². The second-order valence-electron chi connectivity index (χ2n) is 0.408. The molecule has 0 aromatic rings. The van der Waals surface area contributed by atoms with Gasteiger partial charge in [-0.05, 0) is 0 Å². The number of rotatable bonds is 0. The van der Waals surface area contributed by atoms with Gasteiger partial charge in [-0.3, -0.25) is 8.42 Å². The van der Waals surface area contributed by atoms with E-state index < -0.39 is 10.4 Å². The molecular weight excluding hydrogens is 247 g/mol. The Morgan fingerprint density at radius 3 is 1.00 bits per heavy atom. The fourth-order valence-corrected chi connectivity index (χ4v) is 0. The van der Waals surface area contributed by atoms with E-state index in [0.29, 0.717) is 0 Å². The molecule has 4 nitrogen and oxygen atoms in total. The van der Waals surface area contributed by atoms with Crippen molar-refractivity contribution in [3.8, 4) is 0 Å². The molecule has 0 N–H and O–H groups in total. The van der Waals surface area contributed by atoms with E-state index in [1.807, 2.05) is 0 Å². The van der Waals surface area contributed by atoms with Crippen LogP contribution in [0, 0.1) is 0 Å². The molecule has 0 amide bonds. The van der Waals surface area contributed by atoms with Crippen molar-refractivity contribution in [3.05, 3.63) is 0 Å². The fourth-order valence-electron chi connectivity index (χ4n) is 0. The van der Waals surface area contributed by atoms with Gasteiger partial charge in [0, 0.05) is 10.4 Å². The molecule has 0 aliphatic heterocycles. The molecule has 0 fully saturated rings. The normalized spacial score (nSPS) is 8.00. The minimum absolute atomic E-state index is 1.56. The summed E-state index contributed by atoms with van der Waals surface area (Å²) >= 11 is 8.38. The molecule has 0 saturated heterocycles. The maximum absolute atomic E-state index is 8.52. The van der Waals surface area contributed by atoms with Gasteiger partial charge in [0.2, 0.25) is 0 Å². The molecule has 0 spiro atoms. The summed E-state index contributed by atoms with van der Waals surface area (Å²) in [5, 5.41) is 0. The van der Waals surface area contributed by atoms with Crippen molar-refractivity contribution in [2.75, 3.05) is 0 Å². The average molecular weight is 253 g/mol. The van der Waals surface area contributed by atoms with Crippen LogP contribution in [-0.4, -0.2) is 17.5 Å². The summed E-state index contributed by atoms with van der Waals surface area (Å²) in [5.74, 6) is 3.12. The molecule has 0 unspecified atom stereocenters. The van der Waals surface area contributed by atoms with Crippen molar-refractivity contribution >= 4 is 10.4 Å². The Hall–Kier alpha value is 0.909. The van der Waals surface area contributed by atoms with E-state index in [1.165, 1.54) is 0 Å². The van der Waals surface area contributed by atoms with E-state index >= 15 is 0 Å². The first kappa shape index (κ1) is 16.5. The molecule has 0 aliphatic carbocycles. The van der Waals surface area contributed by atoms with Gasteiger partial charge in [0.1, 0.15) is 0 Å². The third-order valence-electron chi connectivity index (χ3n) is 0. The van der Waals surface area contributed by atoms with Crippen molar-refractivity contribution in [1.82, 2.24) is 0 Å². The van der Waals surface area contributed by atoms with Crippen molar-refractivity contribution in [3.63, 3.8) is 0 Å². The predicted octanol–water partition coefficient (Wildman–Crippen LogP) is -0.175. The average Bonchev–Trinajstić information content (AvgIpc) is 1.72. The van der Waals surface area contributed by atoms with Crippen LogP contribution in [0.1, 0.15) is 0 Å². The van der Waals surface area contributed by atoms with Crippen LogP contribution in [0.3, 0.4) is 0 Å². The molecule has 9 heavy (non-hydrogen) atoms. The molecule has 0 saturated carbocycles. The van der Waals surface area contributed by atoms with Gasteiger partial charge in [-0.2, -0.15) is 0 Å². The summed E-state index contributed by atoms with van der Waals surface area (Å²) in [5.41, 5.74) is 0. The summed E-state index contributed by atoms with van der Waals surface area (Å²) in [6.07, 6.45) is 0. The van der Waals surface area contributed by atoms with Crippen molar-refractivity contribution < 1.29 is 49.5 Å². The van der Waals surface area contributed by atoms with E-state index in [1.54, 1.807) is 11.6 Å². The van der Waals surface area contributed by atoms with Crippen LogP contribution in [0.25, 0.3) is 0 Å². The first-order valence-corrected chi connectivity index (χ1v) is 4.49. The van der Waals surface area contributed by atoms with Crippen molar-refractivity contribution in [2.45, 2.75) is 11.6 Å². The quantitative estimate of drug-likeness (QED) is 0.341. The molecule has 0 aliphatic rings. The molecule has 0 aromatic heterocycles. The van der Waals surface area contributed by atoms with Gasteiger partial charge in [-0.25, -0.2) is 0 Å². The summed E-state index contributed by atoms with van der Waals surface area (Å²) in [4.78, 5) is 0. The molecule has 0 aromatic carbocycles. The van der Waals surface area contributed by atoms with Gasteiger partial charge < -0.3 is 9.11 Å². The van der Waals surface area contributed by atoms with Crippen LogP contribution in [0.15, 0.2) is 0 Å². The molecule has 0 bridgehead atoms. The van der Waals surface area contributed by atoms with E-state index in [4.69, 9.17) is 17.5 Å². The summed E-state index contributed by atoms with van der Waals surface area (Å²) in [6.45, 7) is 0. The summed E-state index contributed by atoms with van der Waals surface area (Å²) in [7, 11) is -5.17. The van der Waals surface area contributed by atoms with Gasteiger partial charge in [0.05, 0.1) is 0 Å². The van der Waals surface area contributed by atoms with E-state index in [0.717, 1.165) is 0 Å². The molecular formula is C2H6Cu2O4S. The summed E-state index contributed by atoms with van der Waals surface area (Å²) < 4.78 is 34.1. The van der Waals surface area contributed by atoms with Gasteiger partial charge in [-0.15, -0.1) is 0 Å². The van der Waals surface area contributed by atoms with Crippen LogP contribution in [-0.2, 0) is 42.4 Å². The van der Waals surface area contributed by atoms with Crippen LogP contribution in [0.5, 0.6) is 0 Å². The second kappa shape index (κ2) is 11.7. The van der Waals surface area contributed by atoms with E-state index in [-0.39, 0.29) is 0 Å². The number of hydrogen-bond donors (Lipinski definition) is 0. The first-order chi connectivity index (χ1) is 4.00. The Balaban J connectivity index is -0.0000000771. The maximum atomic E-state index is 8.52. The van der Waals surface area contributed by atoms with Crippen molar-refractivity contribution in [2.24, 2.45) is 0 Å². The van der Waals surface area contributed by atoms with Gasteiger partial charge in [0.25, 0.3) is 0 Å². The molecule has 0 atom stereocenters. The van der Waals surface area contributed by atoms with E-state index in [9.17, 15) is 0 Å². The fraction of sp³-hybridized carbons (Fsp3) is 1.00. The Labute approximate surface area is 71.6 Å². The zero-order valence-corrected chi connectivity index (χ0v) is 7.34. The number of hydrogen-bond acceptors (Lipinski definition) is 4. The minimum atomic E-state index is -5.17. The third-order valence-corrected chi connectivity index (χ3v) is 0. The second-order valence-corrected chi connectivity index (χ2v) is 1.22. The predicted molar refractivity (Wildman–Crippen MR) is 22.2 cm³/mol. The van der Waals surface area contributed by atoms with Gasteiger partial charge in [0.15, 0.2) is 0 Å². The van der Waals surface area contributed by atoms with Crippen LogP contribution >= 0.6 is 0 Å². The molecule has 0 rings (SSSR count). The Kier molecular flexibility index (Phi) is 21.4. The molecule has 7 heteroatoms. The van der Waals surface area contributed by atoms with Crippen LogP contribution in [0.4, 0.5) is 0 Å². The Bertz CT molecular complexity index is 99.7. The van der Waals surface area contributed by atoms with Crippen molar-refractivity contribution in [1.29, 1.82) is 0 Å². The Morgan fingerprint density at radius 2 is 1.00 bits per heavy atom. The Morgan fingerprint density at radius 1 is 1.00 bits per heavy atom. The first-order valence-electron chi connectivity index (χ1n) is 1.27. The van der Waals surface area contributed by atoms with Crippen LogP contribution in [0.2, 0.25) is 11.6 Å². The molecule has 0 radical (unpaired) electrons.